The van der Waals surface area contributed by atoms with Crippen LogP contribution in [0.4, 0.5) is 0 Å². The Morgan fingerprint density at radius 2 is 1.75 bits per heavy atom. The highest BCUT2D eigenvalue weighted by Gasteiger charge is 2.17. The van der Waals surface area contributed by atoms with Crippen LogP contribution >= 0.6 is 12.2 Å². The molecule has 0 aliphatic heterocycles. The standard InChI is InChI=1S/C14H16N2O3S/c1-8-7-10(16-14(20)15-8)9-5-6-11(17-2)13(19-4)12(9)18-3/h5-7H,1-4H3,(H,15,16,20). The zero-order chi connectivity index (χ0) is 14.7. The van der Waals surface area contributed by atoms with Crippen LogP contribution in [-0.4, -0.2) is 31.3 Å². The number of aryl methyl sites for hydroxylation is 1. The average Bonchev–Trinajstić information content (AvgIpc) is 2.44. The van der Waals surface area contributed by atoms with Gasteiger partial charge in [-0.15, -0.1) is 0 Å². The van der Waals surface area contributed by atoms with Crippen molar-refractivity contribution in [2.75, 3.05) is 21.3 Å². The molecule has 0 amide bonds. The molecule has 106 valence electrons. The Labute approximate surface area is 122 Å². The molecule has 1 aromatic heterocycles. The van der Waals surface area contributed by atoms with E-state index < -0.39 is 0 Å². The summed E-state index contributed by atoms with van der Waals surface area (Å²) in [5.41, 5.74) is 2.45. The number of rotatable bonds is 4. The van der Waals surface area contributed by atoms with Crippen molar-refractivity contribution in [2.45, 2.75) is 6.92 Å². The summed E-state index contributed by atoms with van der Waals surface area (Å²) in [5, 5.41) is 0. The summed E-state index contributed by atoms with van der Waals surface area (Å²) in [5.74, 6) is 1.70. The summed E-state index contributed by atoms with van der Waals surface area (Å²) in [6.07, 6.45) is 0. The minimum atomic E-state index is 0.428. The molecular weight excluding hydrogens is 276 g/mol. The molecule has 0 atom stereocenters. The van der Waals surface area contributed by atoms with Gasteiger partial charge in [-0.25, -0.2) is 4.98 Å². The maximum atomic E-state index is 5.45. The smallest absolute Gasteiger partial charge is 0.203 e. The first-order chi connectivity index (χ1) is 9.60. The van der Waals surface area contributed by atoms with Gasteiger partial charge in [0.2, 0.25) is 5.75 Å². The lowest BCUT2D eigenvalue weighted by Crippen LogP contribution is -1.98. The molecule has 2 rings (SSSR count). The number of methoxy groups -OCH3 is 3. The quantitative estimate of drug-likeness (QED) is 0.877. The predicted octanol–water partition coefficient (Wildman–Crippen LogP) is 3.14. The van der Waals surface area contributed by atoms with Gasteiger partial charge in [-0.2, -0.15) is 0 Å². The normalized spacial score (nSPS) is 10.2. The highest BCUT2D eigenvalue weighted by molar-refractivity contribution is 7.71. The molecule has 1 heterocycles. The first-order valence-electron chi connectivity index (χ1n) is 5.98. The third-order valence-electron chi connectivity index (χ3n) is 2.86. The van der Waals surface area contributed by atoms with Gasteiger partial charge in [0, 0.05) is 11.3 Å². The molecular formula is C14H16N2O3S. The van der Waals surface area contributed by atoms with E-state index in [1.807, 2.05) is 25.1 Å². The number of aromatic amines is 1. The van der Waals surface area contributed by atoms with Crippen molar-refractivity contribution in [3.05, 3.63) is 28.7 Å². The lowest BCUT2D eigenvalue weighted by Gasteiger charge is -2.15. The van der Waals surface area contributed by atoms with Gasteiger partial charge in [-0.05, 0) is 37.3 Å². The molecule has 1 aromatic carbocycles. The molecule has 0 saturated heterocycles. The van der Waals surface area contributed by atoms with Gasteiger partial charge >= 0.3 is 0 Å². The molecule has 20 heavy (non-hydrogen) atoms. The summed E-state index contributed by atoms with van der Waals surface area (Å²) in [7, 11) is 4.73. The third-order valence-corrected chi connectivity index (χ3v) is 3.05. The number of hydrogen-bond acceptors (Lipinski definition) is 5. The molecule has 6 heteroatoms. The van der Waals surface area contributed by atoms with Crippen LogP contribution in [0.3, 0.4) is 0 Å². The first kappa shape index (κ1) is 14.3. The average molecular weight is 292 g/mol. The lowest BCUT2D eigenvalue weighted by molar-refractivity contribution is 0.325. The number of ether oxygens (including phenoxy) is 3. The summed E-state index contributed by atoms with van der Waals surface area (Å²) < 4.78 is 16.5. The van der Waals surface area contributed by atoms with E-state index in [4.69, 9.17) is 26.4 Å². The molecule has 0 aliphatic carbocycles. The van der Waals surface area contributed by atoms with Crippen LogP contribution < -0.4 is 14.2 Å². The summed E-state index contributed by atoms with van der Waals surface area (Å²) in [4.78, 5) is 7.30. The maximum Gasteiger partial charge on any atom is 0.203 e. The van der Waals surface area contributed by atoms with Crippen molar-refractivity contribution in [2.24, 2.45) is 0 Å². The number of benzene rings is 1. The fourth-order valence-corrected chi connectivity index (χ4v) is 2.28. The van der Waals surface area contributed by atoms with Crippen molar-refractivity contribution in [3.8, 4) is 28.5 Å². The number of nitrogens with zero attached hydrogens (tertiary/aromatic N) is 1. The van der Waals surface area contributed by atoms with E-state index in [9.17, 15) is 0 Å². The van der Waals surface area contributed by atoms with Gasteiger partial charge in [0.05, 0.1) is 27.0 Å². The molecule has 5 nitrogen and oxygen atoms in total. The van der Waals surface area contributed by atoms with Gasteiger partial charge in [0.1, 0.15) is 0 Å². The molecule has 1 N–H and O–H groups in total. The van der Waals surface area contributed by atoms with E-state index in [2.05, 4.69) is 9.97 Å². The van der Waals surface area contributed by atoms with Crippen LogP contribution in [0, 0.1) is 11.7 Å². The molecule has 0 saturated carbocycles. The first-order valence-corrected chi connectivity index (χ1v) is 6.38. The third kappa shape index (κ3) is 2.60. The number of hydrogen-bond donors (Lipinski definition) is 1. The molecule has 0 spiro atoms. The summed E-state index contributed by atoms with van der Waals surface area (Å²) in [6, 6.07) is 5.59. The minimum Gasteiger partial charge on any atom is -0.493 e. The number of H-pyrrole nitrogens is 1. The van der Waals surface area contributed by atoms with E-state index in [-0.39, 0.29) is 0 Å². The van der Waals surface area contributed by atoms with Crippen LogP contribution in [0.15, 0.2) is 18.2 Å². The number of nitrogens with one attached hydrogen (secondary N) is 1. The zero-order valence-electron chi connectivity index (χ0n) is 11.8. The van der Waals surface area contributed by atoms with E-state index >= 15 is 0 Å². The van der Waals surface area contributed by atoms with E-state index in [1.54, 1.807) is 21.3 Å². The SMILES string of the molecule is COc1ccc(-c2cc(C)[nH]c(=S)n2)c(OC)c1OC. The van der Waals surface area contributed by atoms with Gasteiger partial charge in [-0.3, -0.25) is 0 Å². The van der Waals surface area contributed by atoms with Crippen molar-refractivity contribution < 1.29 is 14.2 Å². The van der Waals surface area contributed by atoms with Crippen molar-refractivity contribution >= 4 is 12.2 Å². The zero-order valence-corrected chi connectivity index (χ0v) is 12.6. The largest absolute Gasteiger partial charge is 0.493 e. The second kappa shape index (κ2) is 5.92. The molecule has 0 radical (unpaired) electrons. The highest BCUT2D eigenvalue weighted by atomic mass is 32.1. The summed E-state index contributed by atoms with van der Waals surface area (Å²) >= 11 is 5.11. The van der Waals surface area contributed by atoms with E-state index in [0.29, 0.717) is 22.0 Å². The van der Waals surface area contributed by atoms with Gasteiger partial charge in [-0.1, -0.05) is 0 Å². The topological polar surface area (TPSA) is 56.4 Å². The molecule has 2 aromatic rings. The van der Waals surface area contributed by atoms with E-state index in [1.165, 1.54) is 0 Å². The molecule has 0 unspecified atom stereocenters. The molecule has 0 aliphatic rings. The second-order valence-corrected chi connectivity index (χ2v) is 4.52. The lowest BCUT2D eigenvalue weighted by atomic mass is 10.1. The van der Waals surface area contributed by atoms with Crippen LogP contribution in [0.1, 0.15) is 5.69 Å². The second-order valence-electron chi connectivity index (χ2n) is 4.14. The Bertz CT molecular complexity index is 683. The van der Waals surface area contributed by atoms with Crippen LogP contribution in [0.2, 0.25) is 0 Å². The summed E-state index contributed by atoms with van der Waals surface area (Å²) in [6.45, 7) is 1.92. The number of aromatic nitrogens is 2. The Morgan fingerprint density at radius 3 is 2.30 bits per heavy atom. The fraction of sp³-hybridized carbons (Fsp3) is 0.286. The van der Waals surface area contributed by atoms with Gasteiger partial charge < -0.3 is 19.2 Å². The Morgan fingerprint density at radius 1 is 1.05 bits per heavy atom. The van der Waals surface area contributed by atoms with Gasteiger partial charge in [0.15, 0.2) is 16.3 Å². The van der Waals surface area contributed by atoms with Crippen LogP contribution in [0.5, 0.6) is 17.2 Å². The van der Waals surface area contributed by atoms with Crippen molar-refractivity contribution in [3.63, 3.8) is 0 Å². The minimum absolute atomic E-state index is 0.428. The van der Waals surface area contributed by atoms with E-state index in [0.717, 1.165) is 17.0 Å². The van der Waals surface area contributed by atoms with Crippen molar-refractivity contribution in [1.82, 2.24) is 9.97 Å². The van der Waals surface area contributed by atoms with Crippen LogP contribution in [-0.2, 0) is 0 Å². The molecule has 0 fully saturated rings. The Balaban J connectivity index is 2.70. The monoisotopic (exact) mass is 292 g/mol. The molecule has 0 bridgehead atoms. The van der Waals surface area contributed by atoms with Gasteiger partial charge in [0.25, 0.3) is 0 Å². The predicted molar refractivity (Wildman–Crippen MR) is 79.3 cm³/mol. The maximum absolute atomic E-state index is 5.45. The fourth-order valence-electron chi connectivity index (χ4n) is 2.02. The van der Waals surface area contributed by atoms with Crippen LogP contribution in [0.25, 0.3) is 11.3 Å². The highest BCUT2D eigenvalue weighted by Crippen LogP contribution is 2.43. The Kier molecular flexibility index (Phi) is 4.24. The van der Waals surface area contributed by atoms with Crippen molar-refractivity contribution in [1.29, 1.82) is 0 Å². The Hall–Kier alpha value is -2.08.